The third kappa shape index (κ3) is 6.41. The Morgan fingerprint density at radius 3 is 2.29 bits per heavy atom. The minimum atomic E-state index is -4.38. The molecule has 2 aliphatic rings. The average Bonchev–Trinajstić information content (AvgIpc) is 3.62. The van der Waals surface area contributed by atoms with Gasteiger partial charge in [-0.2, -0.15) is 13.2 Å². The fourth-order valence-corrected chi connectivity index (χ4v) is 4.30. The van der Waals surface area contributed by atoms with Gasteiger partial charge < -0.3 is 20.4 Å². The number of amides is 2. The van der Waals surface area contributed by atoms with E-state index >= 15 is 0 Å². The topological polar surface area (TPSA) is 102 Å². The number of benzene rings is 2. The summed E-state index contributed by atoms with van der Waals surface area (Å²) in [7, 11) is -2.69. The maximum absolute atomic E-state index is 12.6. The van der Waals surface area contributed by atoms with E-state index in [9.17, 15) is 32.2 Å². The van der Waals surface area contributed by atoms with Crippen molar-refractivity contribution in [2.75, 3.05) is 31.5 Å². The number of nitrogens with zero attached hydrogens (tertiary/aromatic N) is 1. The van der Waals surface area contributed by atoms with Crippen LogP contribution in [0.2, 0.25) is 0 Å². The maximum atomic E-state index is 12.6. The first kappa shape index (κ1) is 26.3. The number of hydrogen-bond acceptors (Lipinski definition) is 5. The van der Waals surface area contributed by atoms with E-state index in [-0.39, 0.29) is 24.1 Å². The van der Waals surface area contributed by atoms with Gasteiger partial charge in [0, 0.05) is 48.0 Å². The maximum Gasteiger partial charge on any atom is 0.403 e. The summed E-state index contributed by atoms with van der Waals surface area (Å²) in [4.78, 5) is 35.9. The van der Waals surface area contributed by atoms with Crippen molar-refractivity contribution in [1.82, 2.24) is 10.2 Å². The Bertz CT molecular complexity index is 1070. The largest absolute Gasteiger partial charge is 0.591 e. The zero-order valence-corrected chi connectivity index (χ0v) is 20.4. The predicted octanol–water partition coefficient (Wildman–Crippen LogP) is 3.19. The van der Waals surface area contributed by atoms with Crippen molar-refractivity contribution >= 4 is 46.8 Å². The second kappa shape index (κ2) is 10.9. The highest BCUT2D eigenvalue weighted by molar-refractivity contribution is 9.10. The first-order valence-electron chi connectivity index (χ1n) is 10.4. The SMILES string of the molecule is O=C(N1CCNCC1)C1(C(F)(F)F)CC1.O=C(Nc1cccc(Br)c1)c1cccc([P+](=O)[O-])c1. The highest BCUT2D eigenvalue weighted by atomic mass is 79.9. The third-order valence-electron chi connectivity index (χ3n) is 5.51. The van der Waals surface area contributed by atoms with Gasteiger partial charge in [0.1, 0.15) is 5.41 Å². The molecule has 2 aromatic rings. The van der Waals surface area contributed by atoms with Gasteiger partial charge in [-0.05, 0) is 43.2 Å². The lowest BCUT2D eigenvalue weighted by atomic mass is 10.0. The normalized spacial score (nSPS) is 17.2. The van der Waals surface area contributed by atoms with Crippen molar-refractivity contribution in [1.29, 1.82) is 0 Å². The number of carbonyl (C=O) groups is 2. The highest BCUT2D eigenvalue weighted by Gasteiger charge is 2.69. The van der Waals surface area contributed by atoms with Gasteiger partial charge in [-0.25, -0.2) is 0 Å². The van der Waals surface area contributed by atoms with Crippen molar-refractivity contribution in [2.45, 2.75) is 19.0 Å². The minimum absolute atomic E-state index is 0.0424. The van der Waals surface area contributed by atoms with E-state index < -0.39 is 25.5 Å². The highest BCUT2D eigenvalue weighted by Crippen LogP contribution is 2.58. The van der Waals surface area contributed by atoms with Gasteiger partial charge in [-0.15, -0.1) is 0 Å². The number of carbonyl (C=O) groups excluding carboxylic acids is 2. The fourth-order valence-electron chi connectivity index (χ4n) is 3.44. The number of anilines is 1. The Hall–Kier alpha value is -2.33. The van der Waals surface area contributed by atoms with Crippen LogP contribution in [0.1, 0.15) is 23.2 Å². The number of nitrogens with one attached hydrogen (secondary N) is 2. The van der Waals surface area contributed by atoms with Crippen molar-refractivity contribution in [3.8, 4) is 0 Å². The molecule has 12 heteroatoms. The molecule has 1 atom stereocenters. The molecule has 182 valence electrons. The van der Waals surface area contributed by atoms with Crippen molar-refractivity contribution in [3.63, 3.8) is 0 Å². The van der Waals surface area contributed by atoms with Gasteiger partial charge in [0.2, 0.25) is 5.91 Å². The summed E-state index contributed by atoms with van der Waals surface area (Å²) >= 11 is 3.31. The first-order valence-corrected chi connectivity index (χ1v) is 12.4. The van der Waals surface area contributed by atoms with E-state index in [0.29, 0.717) is 37.4 Å². The van der Waals surface area contributed by atoms with Gasteiger partial charge >= 0.3 is 14.2 Å². The molecule has 0 bridgehead atoms. The monoisotopic (exact) mass is 559 g/mol. The summed E-state index contributed by atoms with van der Waals surface area (Å²) in [5.41, 5.74) is -1.10. The summed E-state index contributed by atoms with van der Waals surface area (Å²) < 4.78 is 49.6. The van der Waals surface area contributed by atoms with Crippen LogP contribution in [-0.4, -0.2) is 49.1 Å². The van der Waals surface area contributed by atoms with Crippen LogP contribution in [0.5, 0.6) is 0 Å². The Morgan fingerprint density at radius 1 is 1.09 bits per heavy atom. The molecule has 0 radical (unpaired) electrons. The number of halogens is 4. The van der Waals surface area contributed by atoms with E-state index in [4.69, 9.17) is 0 Å². The van der Waals surface area contributed by atoms with Gasteiger partial charge in [0.25, 0.3) is 5.91 Å². The van der Waals surface area contributed by atoms with E-state index in [1.54, 1.807) is 24.3 Å². The molecule has 1 unspecified atom stereocenters. The molecule has 0 spiro atoms. The average molecular weight is 560 g/mol. The molecular formula is C22H22BrF3N3O4P. The van der Waals surface area contributed by atoms with Crippen LogP contribution in [0.3, 0.4) is 0 Å². The van der Waals surface area contributed by atoms with Crippen LogP contribution in [0.4, 0.5) is 18.9 Å². The van der Waals surface area contributed by atoms with Crippen molar-refractivity contribution in [2.24, 2.45) is 5.41 Å². The second-order valence-corrected chi connectivity index (χ2v) is 9.84. The molecule has 1 heterocycles. The zero-order valence-electron chi connectivity index (χ0n) is 17.9. The quantitative estimate of drug-likeness (QED) is 0.560. The van der Waals surface area contributed by atoms with Crippen molar-refractivity contribution < 1.29 is 32.2 Å². The molecule has 7 nitrogen and oxygen atoms in total. The summed E-state index contributed by atoms with van der Waals surface area (Å²) in [5.74, 6) is -1.08. The fraction of sp³-hybridized carbons (Fsp3) is 0.364. The summed E-state index contributed by atoms with van der Waals surface area (Å²) in [6.07, 6.45) is -4.46. The third-order valence-corrected chi connectivity index (χ3v) is 6.70. The predicted molar refractivity (Wildman–Crippen MR) is 123 cm³/mol. The number of alkyl halides is 3. The van der Waals surface area contributed by atoms with E-state index in [1.165, 1.54) is 23.1 Å². The van der Waals surface area contributed by atoms with Gasteiger partial charge in [-0.1, -0.05) is 32.6 Å². The van der Waals surface area contributed by atoms with Crippen LogP contribution >= 0.6 is 24.0 Å². The smallest absolute Gasteiger partial charge is 0.403 e. The van der Waals surface area contributed by atoms with Crippen molar-refractivity contribution in [3.05, 3.63) is 58.6 Å². The molecule has 34 heavy (non-hydrogen) atoms. The standard InChI is InChI=1S/C13H9BrNO3P.C9H13F3N2O/c14-10-4-2-5-11(8-10)15-13(16)9-3-1-6-12(7-9)19(17)18;10-9(11,12)8(1-2-8)7(15)14-5-3-13-4-6-14/h1-8H,(H,15,16);13H,1-6H2. The van der Waals surface area contributed by atoms with Gasteiger partial charge in [-0.3, -0.25) is 9.59 Å². The molecule has 2 aromatic carbocycles. The summed E-state index contributed by atoms with van der Waals surface area (Å²) in [5, 5.41) is 5.83. The van der Waals surface area contributed by atoms with Crippen LogP contribution < -0.4 is 20.8 Å². The molecule has 2 N–H and O–H groups in total. The van der Waals surface area contributed by atoms with Gasteiger partial charge in [0.15, 0.2) is 5.30 Å². The summed E-state index contributed by atoms with van der Waals surface area (Å²) in [6.45, 7) is 1.94. The Labute approximate surface area is 203 Å². The molecule has 1 saturated heterocycles. The Kier molecular flexibility index (Phi) is 8.46. The number of rotatable bonds is 4. The van der Waals surface area contributed by atoms with Crippen LogP contribution in [0, 0.1) is 5.41 Å². The number of piperazine rings is 1. The Balaban J connectivity index is 0.000000196. The Morgan fingerprint density at radius 2 is 1.74 bits per heavy atom. The van der Waals surface area contributed by atoms with E-state index in [0.717, 1.165) is 4.47 Å². The molecule has 2 fully saturated rings. The van der Waals surface area contributed by atoms with E-state index in [1.807, 2.05) is 6.07 Å². The molecule has 2 amide bonds. The molecular weight excluding hydrogens is 538 g/mol. The molecule has 1 saturated carbocycles. The lowest BCUT2D eigenvalue weighted by molar-refractivity contribution is -0.198. The minimum Gasteiger partial charge on any atom is -0.591 e. The van der Waals surface area contributed by atoms with E-state index in [2.05, 4.69) is 26.6 Å². The number of hydrogen-bond donors (Lipinski definition) is 2. The first-order chi connectivity index (χ1) is 16.0. The molecule has 1 aliphatic carbocycles. The lowest BCUT2D eigenvalue weighted by Crippen LogP contribution is -2.51. The zero-order chi connectivity index (χ0) is 24.9. The summed E-state index contributed by atoms with van der Waals surface area (Å²) in [6, 6.07) is 13.0. The molecule has 0 aromatic heterocycles. The van der Waals surface area contributed by atoms with Crippen LogP contribution in [0.25, 0.3) is 0 Å². The molecule has 4 rings (SSSR count). The molecule has 1 aliphatic heterocycles. The van der Waals surface area contributed by atoms with Gasteiger partial charge in [0.05, 0.1) is 0 Å². The second-order valence-electron chi connectivity index (χ2n) is 7.89. The lowest BCUT2D eigenvalue weighted by Gasteiger charge is -2.31. The van der Waals surface area contributed by atoms with Crippen LogP contribution in [0.15, 0.2) is 53.0 Å². The van der Waals surface area contributed by atoms with Crippen LogP contribution in [-0.2, 0) is 9.36 Å².